The van der Waals surface area contributed by atoms with Crippen LogP contribution in [-0.2, 0) is 32.7 Å². The number of phosphoric acid groups is 1. The van der Waals surface area contributed by atoms with E-state index in [9.17, 15) is 34.1 Å². The predicted molar refractivity (Wildman–Crippen MR) is 231 cm³/mol. The molecule has 3 unspecified atom stereocenters. The highest BCUT2D eigenvalue weighted by Crippen LogP contribution is 2.43. The molecule has 0 aliphatic heterocycles. The van der Waals surface area contributed by atoms with Gasteiger partial charge in [0.25, 0.3) is 0 Å². The van der Waals surface area contributed by atoms with Gasteiger partial charge in [-0.25, -0.2) is 9.36 Å². The second kappa shape index (κ2) is 39.7. The zero-order valence-corrected chi connectivity index (χ0v) is 36.0. The SMILES string of the molecule is CC/C=C\C/C=C\C/C=C\C/C=C\CCCCC(=O)NC(COP(=O)(O)OCC(O)COC(=O)CCCCCCCCC/C=C\C/C=C\CCCCCC)C(=O)O. The van der Waals surface area contributed by atoms with Crippen molar-refractivity contribution >= 4 is 25.7 Å². The van der Waals surface area contributed by atoms with Crippen LogP contribution in [0.4, 0.5) is 0 Å². The van der Waals surface area contributed by atoms with E-state index in [1.807, 2.05) is 6.08 Å². The van der Waals surface area contributed by atoms with E-state index >= 15 is 0 Å². The molecular formula is C45H76NO10P. The molecule has 0 saturated heterocycles. The number of amides is 1. The van der Waals surface area contributed by atoms with Crippen LogP contribution in [-0.4, -0.2) is 64.9 Å². The van der Waals surface area contributed by atoms with Crippen LogP contribution < -0.4 is 5.32 Å². The normalized spacial score (nSPS) is 14.5. The average molecular weight is 822 g/mol. The zero-order chi connectivity index (χ0) is 42.1. The molecule has 0 spiro atoms. The average Bonchev–Trinajstić information content (AvgIpc) is 3.18. The van der Waals surface area contributed by atoms with Gasteiger partial charge >= 0.3 is 19.8 Å². The zero-order valence-electron chi connectivity index (χ0n) is 35.1. The number of carboxylic acids is 1. The second-order valence-electron chi connectivity index (χ2n) is 14.1. The summed E-state index contributed by atoms with van der Waals surface area (Å²) in [5.74, 6) is -2.45. The number of carboxylic acid groups (broad SMARTS) is 1. The highest BCUT2D eigenvalue weighted by Gasteiger charge is 2.28. The third-order valence-electron chi connectivity index (χ3n) is 8.73. The summed E-state index contributed by atoms with van der Waals surface area (Å²) in [7, 11) is -4.77. The Hall–Kier alpha value is -3.08. The van der Waals surface area contributed by atoms with E-state index in [4.69, 9.17) is 13.8 Å². The highest BCUT2D eigenvalue weighted by molar-refractivity contribution is 7.47. The molecular weight excluding hydrogens is 745 g/mol. The first kappa shape index (κ1) is 53.9. The van der Waals surface area contributed by atoms with Crippen molar-refractivity contribution in [1.82, 2.24) is 5.32 Å². The molecule has 326 valence electrons. The van der Waals surface area contributed by atoms with Gasteiger partial charge < -0.3 is 25.2 Å². The van der Waals surface area contributed by atoms with E-state index in [1.165, 1.54) is 51.4 Å². The summed E-state index contributed by atoms with van der Waals surface area (Å²) < 4.78 is 26.8. The summed E-state index contributed by atoms with van der Waals surface area (Å²) in [6.07, 6.45) is 46.4. The number of esters is 1. The Labute approximate surface area is 344 Å². The largest absolute Gasteiger partial charge is 0.480 e. The number of rotatable bonds is 39. The fraction of sp³-hybridized carbons (Fsp3) is 0.667. The molecule has 0 saturated carbocycles. The number of carbonyl (C=O) groups excluding carboxylic acids is 2. The number of aliphatic carboxylic acids is 1. The lowest BCUT2D eigenvalue weighted by atomic mass is 10.1. The third kappa shape index (κ3) is 39.5. The van der Waals surface area contributed by atoms with Crippen LogP contribution in [0.25, 0.3) is 0 Å². The molecule has 0 radical (unpaired) electrons. The summed E-state index contributed by atoms with van der Waals surface area (Å²) in [4.78, 5) is 45.9. The van der Waals surface area contributed by atoms with Gasteiger partial charge in [0.05, 0.1) is 13.2 Å². The monoisotopic (exact) mass is 822 g/mol. The first-order valence-corrected chi connectivity index (χ1v) is 23.0. The minimum atomic E-state index is -4.77. The molecule has 0 rings (SSSR count). The van der Waals surface area contributed by atoms with Gasteiger partial charge in [-0.3, -0.25) is 18.6 Å². The van der Waals surface area contributed by atoms with Crippen LogP contribution in [0.2, 0.25) is 0 Å². The van der Waals surface area contributed by atoms with Crippen molar-refractivity contribution in [2.45, 2.75) is 174 Å². The van der Waals surface area contributed by atoms with Crippen LogP contribution >= 0.6 is 7.82 Å². The smallest absolute Gasteiger partial charge is 0.472 e. The van der Waals surface area contributed by atoms with Crippen LogP contribution in [0.3, 0.4) is 0 Å². The van der Waals surface area contributed by atoms with Gasteiger partial charge in [0, 0.05) is 12.8 Å². The molecule has 0 aromatic rings. The summed E-state index contributed by atoms with van der Waals surface area (Å²) in [5.41, 5.74) is 0. The van der Waals surface area contributed by atoms with Gasteiger partial charge in [-0.1, -0.05) is 138 Å². The Bertz CT molecular complexity index is 1240. The summed E-state index contributed by atoms with van der Waals surface area (Å²) >= 11 is 0. The van der Waals surface area contributed by atoms with E-state index < -0.39 is 57.6 Å². The minimum absolute atomic E-state index is 0.0891. The molecule has 0 aliphatic rings. The summed E-state index contributed by atoms with van der Waals surface area (Å²) in [6.45, 7) is 2.41. The topological polar surface area (TPSA) is 169 Å². The second-order valence-corrected chi connectivity index (χ2v) is 15.6. The molecule has 0 fully saturated rings. The standard InChI is InChI=1S/C45H76NO10P/c1-3-5-7-9-11-13-15-17-19-20-21-23-25-27-29-31-33-35-37-44(49)54-38-41(47)39-55-57(52,53)56-40-42(45(50)51)46-43(48)36-34-32-30-28-26-24-22-18-16-14-12-10-8-6-4-2/h6,8,12-15,18-20,22,26,28,41-42,47H,3-5,7,9-11,16-17,21,23-25,27,29-40H2,1-2H3,(H,46,48)(H,50,51)(H,52,53)/b8-6-,14-12-,15-13-,20-19-,22-18-,28-26-. The van der Waals surface area contributed by atoms with Crippen molar-refractivity contribution in [2.75, 3.05) is 19.8 Å². The molecule has 0 aliphatic carbocycles. The van der Waals surface area contributed by atoms with Gasteiger partial charge in [0.1, 0.15) is 12.7 Å². The van der Waals surface area contributed by atoms with Crippen molar-refractivity contribution in [3.63, 3.8) is 0 Å². The maximum absolute atomic E-state index is 12.3. The van der Waals surface area contributed by atoms with E-state index in [0.29, 0.717) is 12.8 Å². The third-order valence-corrected chi connectivity index (χ3v) is 9.68. The van der Waals surface area contributed by atoms with E-state index in [1.54, 1.807) is 0 Å². The number of ether oxygens (including phenoxy) is 1. The fourth-order valence-corrected chi connectivity index (χ4v) is 6.17. The van der Waals surface area contributed by atoms with Crippen molar-refractivity contribution in [3.05, 3.63) is 72.9 Å². The first-order chi connectivity index (χ1) is 27.6. The molecule has 3 atom stereocenters. The number of hydrogen-bond donors (Lipinski definition) is 4. The molecule has 57 heavy (non-hydrogen) atoms. The number of allylic oxidation sites excluding steroid dienone is 12. The van der Waals surface area contributed by atoms with Gasteiger partial charge in [0.2, 0.25) is 5.91 Å². The predicted octanol–water partition coefficient (Wildman–Crippen LogP) is 10.9. The number of hydrogen-bond acceptors (Lipinski definition) is 8. The number of nitrogens with one attached hydrogen (secondary N) is 1. The lowest BCUT2D eigenvalue weighted by Gasteiger charge is -2.18. The van der Waals surface area contributed by atoms with Crippen LogP contribution in [0.5, 0.6) is 0 Å². The molecule has 1 amide bonds. The van der Waals surface area contributed by atoms with Crippen molar-refractivity contribution in [2.24, 2.45) is 0 Å². The minimum Gasteiger partial charge on any atom is -0.480 e. The molecule has 0 aromatic heterocycles. The van der Waals surface area contributed by atoms with Crippen molar-refractivity contribution < 1.29 is 47.8 Å². The number of aliphatic hydroxyl groups is 1. The molecule has 11 nitrogen and oxygen atoms in total. The number of unbranched alkanes of at least 4 members (excludes halogenated alkanes) is 13. The Morgan fingerprint density at radius 1 is 0.579 bits per heavy atom. The Balaban J connectivity index is 3.98. The quantitative estimate of drug-likeness (QED) is 0.0203. The highest BCUT2D eigenvalue weighted by atomic mass is 31.2. The number of phosphoric ester groups is 1. The Morgan fingerprint density at radius 3 is 1.54 bits per heavy atom. The van der Waals surface area contributed by atoms with Crippen LogP contribution in [0.15, 0.2) is 72.9 Å². The van der Waals surface area contributed by atoms with Gasteiger partial charge in [-0.05, 0) is 83.5 Å². The van der Waals surface area contributed by atoms with Crippen LogP contribution in [0.1, 0.15) is 162 Å². The van der Waals surface area contributed by atoms with Crippen LogP contribution in [0, 0.1) is 0 Å². The molecule has 0 heterocycles. The lowest BCUT2D eigenvalue weighted by molar-refractivity contribution is -0.147. The maximum Gasteiger partial charge on any atom is 0.472 e. The molecule has 4 N–H and O–H groups in total. The van der Waals surface area contributed by atoms with Crippen molar-refractivity contribution in [1.29, 1.82) is 0 Å². The number of aliphatic hydroxyl groups excluding tert-OH is 1. The lowest BCUT2D eigenvalue weighted by Crippen LogP contribution is -2.43. The van der Waals surface area contributed by atoms with Crippen molar-refractivity contribution in [3.8, 4) is 0 Å². The number of carbonyl (C=O) groups is 3. The van der Waals surface area contributed by atoms with E-state index in [0.717, 1.165) is 70.6 Å². The summed E-state index contributed by atoms with van der Waals surface area (Å²) in [6, 6.07) is -1.57. The van der Waals surface area contributed by atoms with Gasteiger partial charge in [-0.2, -0.15) is 0 Å². The maximum atomic E-state index is 12.3. The fourth-order valence-electron chi connectivity index (χ4n) is 5.39. The molecule has 12 heteroatoms. The Kier molecular flexibility index (Phi) is 37.6. The van der Waals surface area contributed by atoms with Gasteiger partial charge in [-0.15, -0.1) is 0 Å². The first-order valence-electron chi connectivity index (χ1n) is 21.5. The molecule has 0 bridgehead atoms. The Morgan fingerprint density at radius 2 is 1.02 bits per heavy atom. The van der Waals surface area contributed by atoms with E-state index in [2.05, 4.69) is 86.0 Å². The van der Waals surface area contributed by atoms with E-state index in [-0.39, 0.29) is 12.8 Å². The van der Waals surface area contributed by atoms with Gasteiger partial charge in [0.15, 0.2) is 6.04 Å². The molecule has 0 aromatic carbocycles. The summed E-state index contributed by atoms with van der Waals surface area (Å²) in [5, 5.41) is 21.8.